The van der Waals surface area contributed by atoms with Gasteiger partial charge in [-0.15, -0.1) is 0 Å². The van der Waals surface area contributed by atoms with Crippen molar-refractivity contribution in [2.45, 2.75) is 25.3 Å². The number of hydrogen-bond acceptors (Lipinski definition) is 3. The molecule has 0 fully saturated rings. The summed E-state index contributed by atoms with van der Waals surface area (Å²) in [6.45, 7) is 4.12. The van der Waals surface area contributed by atoms with Crippen molar-refractivity contribution in [2.75, 3.05) is 6.26 Å². The molecule has 3 rings (SSSR count). The Bertz CT molecular complexity index is 868. The molecule has 118 valence electrons. The molecule has 1 aromatic carbocycles. The summed E-state index contributed by atoms with van der Waals surface area (Å²) >= 11 is 0. The van der Waals surface area contributed by atoms with Crippen molar-refractivity contribution >= 4 is 16.6 Å². The van der Waals surface area contributed by atoms with E-state index in [0.29, 0.717) is 10.5 Å². The third-order valence-corrected chi connectivity index (χ3v) is 4.93. The van der Waals surface area contributed by atoms with Gasteiger partial charge in [0.1, 0.15) is 5.82 Å². The number of hydrogen-bond donors (Lipinski definition) is 0. The molecule has 0 amide bonds. The molecule has 0 spiro atoms. The molecule has 23 heavy (non-hydrogen) atoms. The third-order valence-electron chi connectivity index (χ3n) is 4.04. The van der Waals surface area contributed by atoms with Crippen LogP contribution in [0.5, 0.6) is 0 Å². The Morgan fingerprint density at radius 3 is 2.57 bits per heavy atom. The predicted octanol–water partition coefficient (Wildman–Crippen LogP) is 3.23. The molecule has 0 saturated heterocycles. The van der Waals surface area contributed by atoms with Gasteiger partial charge in [-0.3, -0.25) is 9.00 Å². The van der Waals surface area contributed by atoms with Crippen molar-refractivity contribution in [3.05, 3.63) is 59.4 Å². The van der Waals surface area contributed by atoms with E-state index in [4.69, 9.17) is 0 Å². The molecule has 0 N–H and O–H groups in total. The lowest BCUT2D eigenvalue weighted by Gasteiger charge is -2.13. The highest BCUT2D eigenvalue weighted by molar-refractivity contribution is 7.84. The van der Waals surface area contributed by atoms with Crippen molar-refractivity contribution in [3.8, 4) is 11.4 Å². The van der Waals surface area contributed by atoms with Gasteiger partial charge in [-0.2, -0.15) is 0 Å². The van der Waals surface area contributed by atoms with Crippen LogP contribution in [0.4, 0.5) is 0 Å². The van der Waals surface area contributed by atoms with Gasteiger partial charge < -0.3 is 4.57 Å². The minimum atomic E-state index is -1.11. The third kappa shape index (κ3) is 2.97. The molecule has 2 heterocycles. The maximum atomic E-state index is 12.5. The number of benzene rings is 1. The number of rotatable bonds is 4. The van der Waals surface area contributed by atoms with E-state index in [1.54, 1.807) is 29.2 Å². The lowest BCUT2D eigenvalue weighted by atomic mass is 10.1. The molecule has 0 saturated carbocycles. The number of carbonyl (C=O) groups excluding carboxylic acids is 1. The first-order chi connectivity index (χ1) is 11.0. The molecule has 0 bridgehead atoms. The predicted molar refractivity (Wildman–Crippen MR) is 91.4 cm³/mol. The van der Waals surface area contributed by atoms with Gasteiger partial charge in [0, 0.05) is 29.3 Å². The summed E-state index contributed by atoms with van der Waals surface area (Å²) in [6.07, 6.45) is 3.41. The number of pyridine rings is 1. The van der Waals surface area contributed by atoms with E-state index in [9.17, 15) is 9.00 Å². The highest BCUT2D eigenvalue weighted by atomic mass is 32.2. The van der Waals surface area contributed by atoms with E-state index in [1.807, 2.05) is 38.1 Å². The Labute approximate surface area is 138 Å². The molecule has 0 aromatic heterocycles. The van der Waals surface area contributed by atoms with Gasteiger partial charge in [0.05, 0.1) is 22.2 Å². The number of aryl methyl sites for hydroxylation is 1. The second kappa shape index (κ2) is 6.08. The van der Waals surface area contributed by atoms with Crippen LogP contribution in [0.3, 0.4) is 0 Å². The zero-order valence-corrected chi connectivity index (χ0v) is 14.2. The molecule has 1 aromatic rings. The van der Waals surface area contributed by atoms with E-state index in [0.717, 1.165) is 22.6 Å². The number of aromatic nitrogens is 2. The standard InChI is InChI=1S/C18H18N2O2S/c1-12-13(2)19-18-16(12)9-15(23(3)22)10-20(18)11-17(21)14-7-5-4-6-8-14/h4-10H,11H2,1-3H3. The Kier molecular flexibility index (Phi) is 4.13. The van der Waals surface area contributed by atoms with Crippen LogP contribution in [0.1, 0.15) is 21.6 Å². The zero-order chi connectivity index (χ0) is 16.6. The molecule has 2 aliphatic rings. The van der Waals surface area contributed by atoms with Gasteiger partial charge in [-0.25, -0.2) is 4.98 Å². The number of nitrogens with zero attached hydrogens (tertiary/aromatic N) is 2. The average Bonchev–Trinajstić information content (AvgIpc) is 2.83. The van der Waals surface area contributed by atoms with E-state index in [-0.39, 0.29) is 12.3 Å². The van der Waals surface area contributed by atoms with E-state index >= 15 is 0 Å². The summed E-state index contributed by atoms with van der Waals surface area (Å²) in [7, 11) is -1.11. The summed E-state index contributed by atoms with van der Waals surface area (Å²) in [4.78, 5) is 17.8. The highest BCUT2D eigenvalue weighted by Gasteiger charge is 2.19. The second-order valence-electron chi connectivity index (χ2n) is 5.61. The first kappa shape index (κ1) is 15.6. The SMILES string of the molecule is Cc1nc2n(CC(=O)c3ccccc3)cc(S(C)=O)cc-2c1C. The number of fused-ring (bicyclic) bond motifs is 1. The van der Waals surface area contributed by atoms with Gasteiger partial charge in [-0.1, -0.05) is 30.3 Å². The molecule has 1 unspecified atom stereocenters. The maximum absolute atomic E-state index is 12.5. The quantitative estimate of drug-likeness (QED) is 0.692. The fraction of sp³-hybridized carbons (Fsp3) is 0.222. The lowest BCUT2D eigenvalue weighted by Crippen LogP contribution is -2.14. The van der Waals surface area contributed by atoms with Crippen molar-refractivity contribution in [1.29, 1.82) is 0 Å². The summed E-state index contributed by atoms with van der Waals surface area (Å²) < 4.78 is 13.7. The molecule has 0 radical (unpaired) electrons. The van der Waals surface area contributed by atoms with Gasteiger partial charge >= 0.3 is 0 Å². The van der Waals surface area contributed by atoms with Crippen LogP contribution in [0.2, 0.25) is 0 Å². The fourth-order valence-electron chi connectivity index (χ4n) is 2.60. The first-order valence-corrected chi connectivity index (χ1v) is 8.92. The van der Waals surface area contributed by atoms with Crippen molar-refractivity contribution in [2.24, 2.45) is 0 Å². The Hall–Kier alpha value is -2.27. The molecule has 5 heteroatoms. The fourth-order valence-corrected chi connectivity index (χ4v) is 3.16. The first-order valence-electron chi connectivity index (χ1n) is 7.36. The van der Waals surface area contributed by atoms with Crippen LogP contribution in [0.25, 0.3) is 11.4 Å². The minimum absolute atomic E-state index is 0.00856. The van der Waals surface area contributed by atoms with Gasteiger partial charge in [0.15, 0.2) is 5.78 Å². The van der Waals surface area contributed by atoms with Gasteiger partial charge in [0.2, 0.25) is 0 Å². The zero-order valence-electron chi connectivity index (χ0n) is 13.4. The van der Waals surface area contributed by atoms with Crippen LogP contribution in [0, 0.1) is 13.8 Å². The summed E-state index contributed by atoms with van der Waals surface area (Å²) in [5.74, 6) is 0.771. The number of carbonyl (C=O) groups is 1. The van der Waals surface area contributed by atoms with Crippen molar-refractivity contribution in [3.63, 3.8) is 0 Å². The maximum Gasteiger partial charge on any atom is 0.182 e. The van der Waals surface area contributed by atoms with Gasteiger partial charge in [0.25, 0.3) is 0 Å². The molecular formula is C18H18N2O2S. The van der Waals surface area contributed by atoms with Crippen molar-refractivity contribution < 1.29 is 9.00 Å². The van der Waals surface area contributed by atoms with Crippen LogP contribution < -0.4 is 0 Å². The highest BCUT2D eigenvalue weighted by Crippen LogP contribution is 2.30. The van der Waals surface area contributed by atoms with Crippen LogP contribution in [-0.2, 0) is 17.3 Å². The largest absolute Gasteiger partial charge is 0.323 e. The van der Waals surface area contributed by atoms with E-state index < -0.39 is 10.8 Å². The smallest absolute Gasteiger partial charge is 0.182 e. The molecule has 2 aliphatic heterocycles. The van der Waals surface area contributed by atoms with Crippen LogP contribution >= 0.6 is 0 Å². The Balaban J connectivity index is 2.07. The molecular weight excluding hydrogens is 308 g/mol. The van der Waals surface area contributed by atoms with Crippen molar-refractivity contribution in [1.82, 2.24) is 9.55 Å². The molecule has 4 nitrogen and oxygen atoms in total. The monoisotopic (exact) mass is 326 g/mol. The second-order valence-corrected chi connectivity index (χ2v) is 6.99. The summed E-state index contributed by atoms with van der Waals surface area (Å²) in [6, 6.07) is 11.1. The topological polar surface area (TPSA) is 52.0 Å². The van der Waals surface area contributed by atoms with E-state index in [2.05, 4.69) is 4.98 Å². The normalized spacial score (nSPS) is 12.5. The number of Topliss-reactive ketones (excluding diaryl/α,β-unsaturated/α-hetero) is 1. The Morgan fingerprint density at radius 2 is 1.91 bits per heavy atom. The average molecular weight is 326 g/mol. The van der Waals surface area contributed by atoms with E-state index in [1.165, 1.54) is 0 Å². The molecule has 0 aliphatic carbocycles. The lowest BCUT2D eigenvalue weighted by molar-refractivity contribution is 0.0972. The van der Waals surface area contributed by atoms with Crippen LogP contribution in [-0.4, -0.2) is 25.8 Å². The summed E-state index contributed by atoms with van der Waals surface area (Å²) in [5, 5.41) is 0. The Morgan fingerprint density at radius 1 is 1.22 bits per heavy atom. The van der Waals surface area contributed by atoms with Crippen LogP contribution in [0.15, 0.2) is 47.5 Å². The minimum Gasteiger partial charge on any atom is -0.323 e. The summed E-state index contributed by atoms with van der Waals surface area (Å²) in [5.41, 5.74) is 3.61. The number of ketones is 1. The van der Waals surface area contributed by atoms with Gasteiger partial charge in [-0.05, 0) is 25.5 Å². The molecule has 1 atom stereocenters.